The van der Waals surface area contributed by atoms with Gasteiger partial charge in [0, 0.05) is 23.8 Å². The maximum atomic E-state index is 12.8. The molecule has 0 amide bonds. The van der Waals surface area contributed by atoms with Crippen LogP contribution in [0.3, 0.4) is 0 Å². The van der Waals surface area contributed by atoms with Crippen molar-refractivity contribution in [3.63, 3.8) is 0 Å². The number of hydrogen-bond donors (Lipinski definition) is 0. The highest BCUT2D eigenvalue weighted by Gasteiger charge is 2.57. The second-order valence-electron chi connectivity index (χ2n) is 8.76. The Balaban J connectivity index is 1.72. The van der Waals surface area contributed by atoms with Crippen LogP contribution < -0.4 is 0 Å². The van der Waals surface area contributed by atoms with E-state index in [0.717, 1.165) is 74.7 Å². The Morgan fingerprint density at radius 2 is 2.03 bits per heavy atom. The van der Waals surface area contributed by atoms with Gasteiger partial charge in [-0.15, -0.1) is 0 Å². The van der Waals surface area contributed by atoms with Gasteiger partial charge in [0.05, 0.1) is 5.57 Å². The van der Waals surface area contributed by atoms with Crippen molar-refractivity contribution in [1.82, 2.24) is 0 Å². The molecular weight excluding hydrogens is 364 g/mol. The SMILES string of the molecule is CCC/C=C1/C/C(=C\[C@H]2CCC[C@@H](CCC)[C@]23OC(=O)C2=C3CCC=C2)C(=O)O1. The van der Waals surface area contributed by atoms with E-state index in [9.17, 15) is 9.59 Å². The van der Waals surface area contributed by atoms with Crippen LogP contribution in [0.4, 0.5) is 0 Å². The maximum Gasteiger partial charge on any atom is 0.339 e. The summed E-state index contributed by atoms with van der Waals surface area (Å²) >= 11 is 0. The first-order valence-corrected chi connectivity index (χ1v) is 11.4. The van der Waals surface area contributed by atoms with Crippen LogP contribution in [-0.2, 0) is 19.1 Å². The summed E-state index contributed by atoms with van der Waals surface area (Å²) in [4.78, 5) is 25.3. The van der Waals surface area contributed by atoms with Crippen LogP contribution >= 0.6 is 0 Å². The van der Waals surface area contributed by atoms with E-state index in [2.05, 4.69) is 26.0 Å². The molecule has 2 aliphatic heterocycles. The smallest absolute Gasteiger partial charge is 0.339 e. The van der Waals surface area contributed by atoms with Crippen molar-refractivity contribution in [2.75, 3.05) is 0 Å². The Hall–Kier alpha value is -2.10. The van der Waals surface area contributed by atoms with Crippen LogP contribution in [0.15, 0.2) is 46.8 Å². The fraction of sp³-hybridized carbons (Fsp3) is 0.600. The number of carbonyl (C=O) groups excluding carboxylic acids is 2. The van der Waals surface area contributed by atoms with Crippen molar-refractivity contribution in [2.24, 2.45) is 11.8 Å². The summed E-state index contributed by atoms with van der Waals surface area (Å²) in [6.45, 7) is 4.31. The number of hydrogen-bond acceptors (Lipinski definition) is 4. The van der Waals surface area contributed by atoms with E-state index < -0.39 is 5.60 Å². The molecule has 4 aliphatic rings. The van der Waals surface area contributed by atoms with Crippen LogP contribution in [0, 0.1) is 11.8 Å². The molecule has 0 aromatic heterocycles. The summed E-state index contributed by atoms with van der Waals surface area (Å²) in [5, 5.41) is 0. The largest absolute Gasteiger partial charge is 0.450 e. The van der Waals surface area contributed by atoms with Gasteiger partial charge in [0.25, 0.3) is 0 Å². The number of unbranched alkanes of at least 4 members (excludes halogenated alkanes) is 1. The van der Waals surface area contributed by atoms with Crippen molar-refractivity contribution in [1.29, 1.82) is 0 Å². The van der Waals surface area contributed by atoms with Gasteiger partial charge < -0.3 is 9.47 Å². The highest BCUT2D eigenvalue weighted by molar-refractivity contribution is 5.97. The van der Waals surface area contributed by atoms with Crippen molar-refractivity contribution >= 4 is 11.9 Å². The second kappa shape index (κ2) is 8.33. The first-order valence-electron chi connectivity index (χ1n) is 11.4. The molecule has 0 unspecified atom stereocenters. The van der Waals surface area contributed by atoms with E-state index >= 15 is 0 Å². The first kappa shape index (κ1) is 20.2. The van der Waals surface area contributed by atoms with Gasteiger partial charge in [0.1, 0.15) is 11.4 Å². The van der Waals surface area contributed by atoms with Gasteiger partial charge in [-0.1, -0.05) is 51.3 Å². The first-order chi connectivity index (χ1) is 14.1. The number of esters is 2. The summed E-state index contributed by atoms with van der Waals surface area (Å²) in [5.74, 6) is 0.714. The Morgan fingerprint density at radius 1 is 1.17 bits per heavy atom. The lowest BCUT2D eigenvalue weighted by Crippen LogP contribution is -2.49. The summed E-state index contributed by atoms with van der Waals surface area (Å²) in [5.41, 5.74) is 2.10. The van der Waals surface area contributed by atoms with Crippen LogP contribution in [0.2, 0.25) is 0 Å². The molecule has 1 saturated carbocycles. The lowest BCUT2D eigenvalue weighted by atomic mass is 9.62. The minimum atomic E-state index is -0.575. The molecule has 0 radical (unpaired) electrons. The van der Waals surface area contributed by atoms with Crippen molar-refractivity contribution in [3.05, 3.63) is 46.8 Å². The zero-order valence-corrected chi connectivity index (χ0v) is 17.7. The van der Waals surface area contributed by atoms with E-state index in [1.165, 1.54) is 5.57 Å². The molecule has 0 aromatic carbocycles. The molecule has 4 nitrogen and oxygen atoms in total. The third-order valence-corrected chi connectivity index (χ3v) is 6.90. The van der Waals surface area contributed by atoms with Gasteiger partial charge in [0.2, 0.25) is 0 Å². The summed E-state index contributed by atoms with van der Waals surface area (Å²) < 4.78 is 11.8. The Labute approximate surface area is 173 Å². The fourth-order valence-corrected chi connectivity index (χ4v) is 5.66. The minimum absolute atomic E-state index is 0.0452. The number of fused-ring (bicyclic) bond motifs is 1. The van der Waals surface area contributed by atoms with Crippen molar-refractivity contribution in [3.8, 4) is 0 Å². The number of allylic oxidation sites excluding steroid dienone is 3. The van der Waals surface area contributed by atoms with Crippen LogP contribution in [0.1, 0.15) is 78.1 Å². The van der Waals surface area contributed by atoms with E-state index in [0.29, 0.717) is 12.3 Å². The molecule has 4 heteroatoms. The van der Waals surface area contributed by atoms with Gasteiger partial charge in [-0.05, 0) is 50.2 Å². The second-order valence-corrected chi connectivity index (χ2v) is 8.76. The predicted molar refractivity (Wildman–Crippen MR) is 112 cm³/mol. The standard InChI is InChI=1S/C25H32O4/c1-3-5-12-20-16-17(23(26)28-20)15-19-11-8-10-18(9-4-2)25(19)22-14-7-6-13-21(22)24(27)29-25/h6,12-13,15,18-19H,3-5,7-11,14,16H2,1-2H3/b17-15+,20-12-/t18-,19-,25+/m1/s1. The highest BCUT2D eigenvalue weighted by atomic mass is 16.6. The zero-order chi connectivity index (χ0) is 20.4. The van der Waals surface area contributed by atoms with Gasteiger partial charge in [0.15, 0.2) is 0 Å². The Kier molecular flexibility index (Phi) is 5.80. The minimum Gasteiger partial charge on any atom is -0.450 e. The lowest BCUT2D eigenvalue weighted by Gasteiger charge is -2.47. The summed E-state index contributed by atoms with van der Waals surface area (Å²) in [7, 11) is 0. The van der Waals surface area contributed by atoms with E-state index in [1.54, 1.807) is 0 Å². The molecule has 2 fully saturated rings. The quantitative estimate of drug-likeness (QED) is 0.442. The lowest BCUT2D eigenvalue weighted by molar-refractivity contribution is -0.159. The summed E-state index contributed by atoms with van der Waals surface area (Å²) in [6, 6.07) is 0. The van der Waals surface area contributed by atoms with Crippen molar-refractivity contribution in [2.45, 2.75) is 83.7 Å². The summed E-state index contributed by atoms with van der Waals surface area (Å²) in [6.07, 6.45) is 17.7. The molecule has 2 heterocycles. The van der Waals surface area contributed by atoms with Gasteiger partial charge in [-0.3, -0.25) is 0 Å². The normalized spacial score (nSPS) is 34.3. The Bertz CT molecular complexity index is 811. The third-order valence-electron chi connectivity index (χ3n) is 6.90. The molecule has 4 rings (SSSR count). The topological polar surface area (TPSA) is 52.6 Å². The monoisotopic (exact) mass is 396 g/mol. The highest BCUT2D eigenvalue weighted by Crippen LogP contribution is 2.55. The maximum absolute atomic E-state index is 12.8. The van der Waals surface area contributed by atoms with Crippen LogP contribution in [0.25, 0.3) is 0 Å². The third kappa shape index (κ3) is 3.51. The number of cyclic esters (lactones) is 1. The van der Waals surface area contributed by atoms with Crippen molar-refractivity contribution < 1.29 is 19.1 Å². The Morgan fingerprint density at radius 3 is 2.83 bits per heavy atom. The van der Waals surface area contributed by atoms with E-state index in [4.69, 9.17) is 9.47 Å². The molecule has 156 valence electrons. The molecule has 0 bridgehead atoms. The number of ether oxygens (including phenoxy) is 2. The van der Waals surface area contributed by atoms with Gasteiger partial charge >= 0.3 is 11.9 Å². The molecule has 1 saturated heterocycles. The van der Waals surface area contributed by atoms with Gasteiger partial charge in [-0.2, -0.15) is 0 Å². The molecule has 0 N–H and O–H groups in total. The van der Waals surface area contributed by atoms with E-state index in [-0.39, 0.29) is 17.9 Å². The van der Waals surface area contributed by atoms with Gasteiger partial charge in [-0.25, -0.2) is 9.59 Å². The molecule has 2 aliphatic carbocycles. The molecular formula is C25H32O4. The molecule has 29 heavy (non-hydrogen) atoms. The van der Waals surface area contributed by atoms with E-state index in [1.807, 2.05) is 12.2 Å². The number of carbonyl (C=O) groups is 2. The van der Waals surface area contributed by atoms with Crippen LogP contribution in [-0.4, -0.2) is 17.5 Å². The molecule has 1 spiro atoms. The molecule has 3 atom stereocenters. The number of rotatable bonds is 5. The van der Waals surface area contributed by atoms with Crippen LogP contribution in [0.5, 0.6) is 0 Å². The fourth-order valence-electron chi connectivity index (χ4n) is 5.66. The average Bonchev–Trinajstić information content (AvgIpc) is 3.22. The molecule has 0 aromatic rings. The zero-order valence-electron chi connectivity index (χ0n) is 17.7. The predicted octanol–water partition coefficient (Wildman–Crippen LogP) is 5.70. The average molecular weight is 397 g/mol.